The quantitative estimate of drug-likeness (QED) is 0.718. The Kier molecular flexibility index (Phi) is 3.15. The van der Waals surface area contributed by atoms with Crippen LogP contribution < -0.4 is 0 Å². The van der Waals surface area contributed by atoms with Crippen molar-refractivity contribution in [3.8, 4) is 0 Å². The molecule has 0 amide bonds. The third-order valence-corrected chi connectivity index (χ3v) is 5.90. The minimum Gasteiger partial charge on any atom is -0.372 e. The highest BCUT2D eigenvalue weighted by Crippen LogP contribution is 2.61. The molecule has 4 saturated carbocycles. The standard InChI is InChI=1S/C14H23IO2/c1-10(2)16-13-5-11-4-12(6-13)8-14(7-11,9-13)17-15-3/h10-12H,3-9H2,1-2H3. The summed E-state index contributed by atoms with van der Waals surface area (Å²) in [5.41, 5.74) is 0.311. The highest BCUT2D eigenvalue weighted by molar-refractivity contribution is 14.2. The van der Waals surface area contributed by atoms with Crippen LogP contribution in [0.1, 0.15) is 52.4 Å². The lowest BCUT2D eigenvalue weighted by molar-refractivity contribution is -0.216. The molecular formula is C14H23IO2. The van der Waals surface area contributed by atoms with Crippen LogP contribution in [-0.2, 0) is 7.80 Å². The van der Waals surface area contributed by atoms with Gasteiger partial charge in [0.05, 0.1) is 17.3 Å². The molecule has 2 unspecified atom stereocenters. The van der Waals surface area contributed by atoms with Crippen LogP contribution in [0.25, 0.3) is 0 Å². The smallest absolute Gasteiger partial charge is 0.0834 e. The third-order valence-electron chi connectivity index (χ3n) is 4.66. The van der Waals surface area contributed by atoms with Crippen LogP contribution in [-0.4, -0.2) is 21.8 Å². The summed E-state index contributed by atoms with van der Waals surface area (Å²) in [4.78, 5) is 0. The summed E-state index contributed by atoms with van der Waals surface area (Å²) in [7, 11) is 0. The molecule has 0 N–H and O–H groups in total. The van der Waals surface area contributed by atoms with E-state index in [1.807, 2.05) is 0 Å². The molecule has 3 heteroatoms. The molecule has 4 rings (SSSR count). The first-order valence-electron chi connectivity index (χ1n) is 6.79. The van der Waals surface area contributed by atoms with Gasteiger partial charge in [-0.1, -0.05) is 0 Å². The molecule has 4 fully saturated rings. The highest BCUT2D eigenvalue weighted by atomic mass is 127. The molecule has 4 aliphatic rings. The topological polar surface area (TPSA) is 18.5 Å². The Morgan fingerprint density at radius 3 is 2.24 bits per heavy atom. The van der Waals surface area contributed by atoms with E-state index in [1.165, 1.54) is 32.1 Å². The molecule has 98 valence electrons. The number of rotatable bonds is 4. The van der Waals surface area contributed by atoms with Crippen LogP contribution in [0.4, 0.5) is 0 Å². The van der Waals surface area contributed by atoms with E-state index in [0.717, 1.165) is 18.3 Å². The molecular weight excluding hydrogens is 327 g/mol. The van der Waals surface area contributed by atoms with E-state index in [4.69, 9.17) is 7.80 Å². The Bertz CT molecular complexity index is 307. The summed E-state index contributed by atoms with van der Waals surface area (Å²) in [5, 5.41) is 0. The van der Waals surface area contributed by atoms with Crippen molar-refractivity contribution in [1.82, 2.24) is 0 Å². The zero-order valence-electron chi connectivity index (χ0n) is 10.9. The number of hydrogen-bond donors (Lipinski definition) is 0. The van der Waals surface area contributed by atoms with Gasteiger partial charge in [-0.15, -0.1) is 0 Å². The molecule has 4 aliphatic carbocycles. The summed E-state index contributed by atoms with van der Waals surface area (Å²) in [6.45, 7) is 4.33. The summed E-state index contributed by atoms with van der Waals surface area (Å²) in [6.07, 6.45) is 8.02. The molecule has 0 radical (unpaired) electrons. The number of halogens is 1. The fourth-order valence-electron chi connectivity index (χ4n) is 4.94. The third kappa shape index (κ3) is 2.23. The van der Waals surface area contributed by atoms with Crippen LogP contribution in [0.3, 0.4) is 0 Å². The first-order valence-corrected chi connectivity index (χ1v) is 9.20. The van der Waals surface area contributed by atoms with E-state index in [-0.39, 0.29) is 32.3 Å². The lowest BCUT2D eigenvalue weighted by Crippen LogP contribution is -2.60. The first kappa shape index (κ1) is 12.5. The Morgan fingerprint density at radius 2 is 1.71 bits per heavy atom. The molecule has 0 heterocycles. The van der Waals surface area contributed by atoms with Gasteiger partial charge in [-0.3, -0.25) is 0 Å². The zero-order valence-corrected chi connectivity index (χ0v) is 13.0. The van der Waals surface area contributed by atoms with Gasteiger partial charge in [0.15, 0.2) is 0 Å². The monoisotopic (exact) mass is 350 g/mol. The predicted octanol–water partition coefficient (Wildman–Crippen LogP) is 3.84. The van der Waals surface area contributed by atoms with Gasteiger partial charge in [-0.25, -0.2) is 0 Å². The minimum absolute atomic E-state index is 0.150. The van der Waals surface area contributed by atoms with Crippen molar-refractivity contribution in [2.75, 3.05) is 0 Å². The SMILES string of the molecule is C=IOC12CC3CC(C1)CC(OC(C)C)(C3)C2. The van der Waals surface area contributed by atoms with Crippen molar-refractivity contribution in [3.63, 3.8) is 0 Å². The second-order valence-corrected chi connectivity index (χ2v) is 7.74. The maximum atomic E-state index is 6.33. The lowest BCUT2D eigenvalue weighted by atomic mass is 9.52. The fraction of sp³-hybridized carbons (Fsp3) is 0.929. The Morgan fingerprint density at radius 1 is 1.12 bits per heavy atom. The van der Waals surface area contributed by atoms with E-state index in [9.17, 15) is 0 Å². The van der Waals surface area contributed by atoms with Gasteiger partial charge in [0.2, 0.25) is 0 Å². The summed E-state index contributed by atoms with van der Waals surface area (Å²) >= 11 is -0.307. The van der Waals surface area contributed by atoms with Crippen molar-refractivity contribution < 1.29 is 7.80 Å². The maximum absolute atomic E-state index is 6.33. The van der Waals surface area contributed by atoms with Gasteiger partial charge < -0.3 is 7.80 Å². The molecule has 2 atom stereocenters. The number of hydrogen-bond acceptors (Lipinski definition) is 2. The Labute approximate surface area is 115 Å². The Hall–Kier alpha value is 0.520. The summed E-state index contributed by atoms with van der Waals surface area (Å²) in [6, 6.07) is 0. The van der Waals surface area contributed by atoms with Gasteiger partial charge in [0.1, 0.15) is 0 Å². The molecule has 0 aliphatic heterocycles. The normalized spacial score (nSPS) is 47.9. The molecule has 0 spiro atoms. The molecule has 0 aromatic rings. The van der Waals surface area contributed by atoms with E-state index < -0.39 is 0 Å². The molecule has 0 aromatic carbocycles. The van der Waals surface area contributed by atoms with Crippen molar-refractivity contribution in [1.29, 1.82) is 0 Å². The largest absolute Gasteiger partial charge is 0.372 e. The zero-order chi connectivity index (χ0) is 12.1. The van der Waals surface area contributed by atoms with Crippen LogP contribution in [0.15, 0.2) is 0 Å². The van der Waals surface area contributed by atoms with Crippen molar-refractivity contribution in [3.05, 3.63) is 0 Å². The van der Waals surface area contributed by atoms with E-state index in [1.54, 1.807) is 0 Å². The van der Waals surface area contributed by atoms with Crippen molar-refractivity contribution in [2.24, 2.45) is 11.8 Å². The molecule has 0 saturated heterocycles. The van der Waals surface area contributed by atoms with E-state index in [0.29, 0.717) is 6.10 Å². The van der Waals surface area contributed by atoms with Crippen LogP contribution >= 0.6 is 21.1 Å². The highest BCUT2D eigenvalue weighted by Gasteiger charge is 2.59. The first-order chi connectivity index (χ1) is 8.05. The molecule has 0 aromatic heterocycles. The van der Waals surface area contributed by atoms with E-state index in [2.05, 4.69) is 18.4 Å². The lowest BCUT2D eigenvalue weighted by Gasteiger charge is -2.61. The van der Waals surface area contributed by atoms with Gasteiger partial charge in [0, 0.05) is 27.6 Å². The summed E-state index contributed by atoms with van der Waals surface area (Å²) < 4.78 is 16.5. The molecule has 17 heavy (non-hydrogen) atoms. The minimum atomic E-state index is -0.307. The Balaban J connectivity index is 1.86. The molecule has 4 bridgehead atoms. The average Bonchev–Trinajstić information content (AvgIpc) is 2.11. The average molecular weight is 350 g/mol. The number of ether oxygens (including phenoxy) is 1. The second kappa shape index (κ2) is 4.27. The maximum Gasteiger partial charge on any atom is 0.0834 e. The van der Waals surface area contributed by atoms with Crippen LogP contribution in [0.5, 0.6) is 0 Å². The van der Waals surface area contributed by atoms with E-state index >= 15 is 0 Å². The van der Waals surface area contributed by atoms with Gasteiger partial charge in [-0.05, 0) is 62.3 Å². The van der Waals surface area contributed by atoms with Crippen LogP contribution in [0, 0.1) is 11.8 Å². The predicted molar refractivity (Wildman–Crippen MR) is 78.6 cm³/mol. The van der Waals surface area contributed by atoms with Gasteiger partial charge in [-0.2, -0.15) is 0 Å². The second-order valence-electron chi connectivity index (χ2n) is 6.68. The summed E-state index contributed by atoms with van der Waals surface area (Å²) in [5.74, 6) is 1.70. The van der Waals surface area contributed by atoms with Crippen LogP contribution in [0.2, 0.25) is 0 Å². The van der Waals surface area contributed by atoms with Crippen molar-refractivity contribution in [2.45, 2.75) is 69.7 Å². The fourth-order valence-corrected chi connectivity index (χ4v) is 6.12. The van der Waals surface area contributed by atoms with Gasteiger partial charge >= 0.3 is 0 Å². The van der Waals surface area contributed by atoms with Crippen molar-refractivity contribution >= 4 is 25.7 Å². The molecule has 2 nitrogen and oxygen atoms in total. The van der Waals surface area contributed by atoms with Gasteiger partial charge in [0.25, 0.3) is 0 Å².